The van der Waals surface area contributed by atoms with Gasteiger partial charge < -0.3 is 0 Å². The van der Waals surface area contributed by atoms with E-state index in [4.69, 9.17) is 5.53 Å². The third-order valence-corrected chi connectivity index (χ3v) is 2.19. The average molecular weight is 207 g/mol. The van der Waals surface area contributed by atoms with Gasteiger partial charge in [-0.2, -0.15) is 5.11 Å². The summed E-state index contributed by atoms with van der Waals surface area (Å²) in [6, 6.07) is 5.99. The summed E-state index contributed by atoms with van der Waals surface area (Å²) in [6.45, 7) is 3.86. The maximum atomic E-state index is 10.6. The third kappa shape index (κ3) is 2.59. The van der Waals surface area contributed by atoms with Gasteiger partial charge in [0.25, 0.3) is 5.69 Å². The van der Waals surface area contributed by atoms with Crippen molar-refractivity contribution in [2.75, 3.05) is 0 Å². The standard InChI is InChI=1S/C10H13N3O2/c1-7(2)10(12-11)8-4-3-5-9(6-8)13(14)15/h3-7,10-11H,1-2H3. The number of nitro benzene ring substituents is 1. The summed E-state index contributed by atoms with van der Waals surface area (Å²) in [4.78, 5) is 10.1. The van der Waals surface area contributed by atoms with Crippen LogP contribution in [0.5, 0.6) is 0 Å². The first-order valence-corrected chi connectivity index (χ1v) is 4.67. The molecule has 0 aliphatic heterocycles. The largest absolute Gasteiger partial charge is 0.269 e. The molecule has 0 heterocycles. The second-order valence-electron chi connectivity index (χ2n) is 3.67. The maximum Gasteiger partial charge on any atom is 0.269 e. The minimum Gasteiger partial charge on any atom is -0.258 e. The topological polar surface area (TPSA) is 79.3 Å². The lowest BCUT2D eigenvalue weighted by Crippen LogP contribution is -2.03. The van der Waals surface area contributed by atoms with Gasteiger partial charge >= 0.3 is 0 Å². The summed E-state index contributed by atoms with van der Waals surface area (Å²) in [5.41, 5.74) is 7.82. The maximum absolute atomic E-state index is 10.6. The van der Waals surface area contributed by atoms with Crippen molar-refractivity contribution in [2.45, 2.75) is 19.9 Å². The smallest absolute Gasteiger partial charge is 0.258 e. The quantitative estimate of drug-likeness (QED) is 0.467. The number of nitrogens with zero attached hydrogens (tertiary/aromatic N) is 2. The van der Waals surface area contributed by atoms with E-state index >= 15 is 0 Å². The Morgan fingerprint density at radius 1 is 1.47 bits per heavy atom. The van der Waals surface area contributed by atoms with Gasteiger partial charge in [0, 0.05) is 12.1 Å². The highest BCUT2D eigenvalue weighted by Gasteiger charge is 2.17. The molecule has 1 aromatic carbocycles. The van der Waals surface area contributed by atoms with Crippen LogP contribution in [0.25, 0.3) is 0 Å². The molecule has 0 aliphatic rings. The summed E-state index contributed by atoms with van der Waals surface area (Å²) >= 11 is 0. The summed E-state index contributed by atoms with van der Waals surface area (Å²) in [5, 5.41) is 14.0. The molecule has 15 heavy (non-hydrogen) atoms. The summed E-state index contributed by atoms with van der Waals surface area (Å²) < 4.78 is 0. The Balaban J connectivity index is 3.08. The number of rotatable bonds is 4. The Hall–Kier alpha value is -1.78. The van der Waals surface area contributed by atoms with E-state index < -0.39 is 4.92 Å². The lowest BCUT2D eigenvalue weighted by molar-refractivity contribution is -0.384. The summed E-state index contributed by atoms with van der Waals surface area (Å²) in [6.07, 6.45) is 0. The number of nitro groups is 1. The normalized spacial score (nSPS) is 12.5. The first kappa shape index (κ1) is 11.3. The number of hydrogen-bond acceptors (Lipinski definition) is 4. The van der Waals surface area contributed by atoms with Gasteiger partial charge in [-0.3, -0.25) is 10.1 Å². The molecule has 1 atom stereocenters. The molecule has 0 saturated heterocycles. The Morgan fingerprint density at radius 2 is 2.13 bits per heavy atom. The van der Waals surface area contributed by atoms with Gasteiger partial charge in [0.05, 0.1) is 11.0 Å². The fourth-order valence-electron chi connectivity index (χ4n) is 1.43. The summed E-state index contributed by atoms with van der Waals surface area (Å²) in [7, 11) is 0. The molecular weight excluding hydrogens is 194 g/mol. The van der Waals surface area contributed by atoms with Crippen molar-refractivity contribution in [3.8, 4) is 0 Å². The highest BCUT2D eigenvalue weighted by atomic mass is 16.6. The lowest BCUT2D eigenvalue weighted by Gasteiger charge is -2.14. The highest BCUT2D eigenvalue weighted by Crippen LogP contribution is 2.27. The SMILES string of the molecule is CC(C)C(N=N)c1cccc([N+](=O)[O-])c1. The Bertz CT molecular complexity index is 377. The zero-order valence-electron chi connectivity index (χ0n) is 8.68. The van der Waals surface area contributed by atoms with Gasteiger partial charge in [0.1, 0.15) is 0 Å². The Morgan fingerprint density at radius 3 is 2.60 bits per heavy atom. The molecule has 0 radical (unpaired) electrons. The molecule has 0 aromatic heterocycles. The van der Waals surface area contributed by atoms with Crippen molar-refractivity contribution in [3.63, 3.8) is 0 Å². The van der Waals surface area contributed by atoms with E-state index in [1.165, 1.54) is 12.1 Å². The van der Waals surface area contributed by atoms with Crippen LogP contribution in [0.4, 0.5) is 5.69 Å². The van der Waals surface area contributed by atoms with E-state index in [1.807, 2.05) is 13.8 Å². The number of non-ortho nitro benzene ring substituents is 1. The second-order valence-corrected chi connectivity index (χ2v) is 3.67. The van der Waals surface area contributed by atoms with E-state index in [0.717, 1.165) is 0 Å². The van der Waals surface area contributed by atoms with Crippen molar-refractivity contribution in [1.82, 2.24) is 0 Å². The molecule has 1 unspecified atom stereocenters. The van der Waals surface area contributed by atoms with Crippen LogP contribution in [0.1, 0.15) is 25.5 Å². The molecule has 1 aromatic rings. The van der Waals surface area contributed by atoms with Crippen LogP contribution in [0, 0.1) is 21.6 Å². The lowest BCUT2D eigenvalue weighted by atomic mass is 9.97. The van der Waals surface area contributed by atoms with Gasteiger partial charge in [0.2, 0.25) is 0 Å². The fraction of sp³-hybridized carbons (Fsp3) is 0.400. The molecule has 0 bridgehead atoms. The third-order valence-electron chi connectivity index (χ3n) is 2.19. The molecule has 5 nitrogen and oxygen atoms in total. The van der Waals surface area contributed by atoms with E-state index in [-0.39, 0.29) is 17.6 Å². The molecular formula is C10H13N3O2. The van der Waals surface area contributed by atoms with Crippen molar-refractivity contribution in [1.29, 1.82) is 5.53 Å². The zero-order valence-corrected chi connectivity index (χ0v) is 8.68. The predicted octanol–water partition coefficient (Wildman–Crippen LogP) is 3.32. The molecule has 5 heteroatoms. The molecule has 0 spiro atoms. The highest BCUT2D eigenvalue weighted by molar-refractivity contribution is 5.35. The Kier molecular flexibility index (Phi) is 3.49. The van der Waals surface area contributed by atoms with Crippen LogP contribution in [-0.2, 0) is 0 Å². The van der Waals surface area contributed by atoms with Crippen LogP contribution in [0.3, 0.4) is 0 Å². The van der Waals surface area contributed by atoms with Gasteiger partial charge in [-0.15, -0.1) is 0 Å². The van der Waals surface area contributed by atoms with Gasteiger partial charge in [-0.25, -0.2) is 5.53 Å². The summed E-state index contributed by atoms with van der Waals surface area (Å²) in [5.74, 6) is 0.157. The van der Waals surface area contributed by atoms with Gasteiger partial charge in [0.15, 0.2) is 0 Å². The van der Waals surface area contributed by atoms with E-state index in [2.05, 4.69) is 5.11 Å². The number of hydrogen-bond donors (Lipinski definition) is 1. The minimum absolute atomic E-state index is 0.0433. The van der Waals surface area contributed by atoms with Crippen molar-refractivity contribution in [3.05, 3.63) is 39.9 Å². The van der Waals surface area contributed by atoms with Crippen LogP contribution in [-0.4, -0.2) is 4.92 Å². The fourth-order valence-corrected chi connectivity index (χ4v) is 1.43. The molecule has 0 aliphatic carbocycles. The van der Waals surface area contributed by atoms with Crippen molar-refractivity contribution < 1.29 is 4.92 Å². The predicted molar refractivity (Wildman–Crippen MR) is 55.8 cm³/mol. The van der Waals surface area contributed by atoms with Crippen LogP contribution in [0.15, 0.2) is 29.4 Å². The van der Waals surface area contributed by atoms with Crippen molar-refractivity contribution in [2.24, 2.45) is 11.0 Å². The van der Waals surface area contributed by atoms with Crippen LogP contribution >= 0.6 is 0 Å². The molecule has 1 N–H and O–H groups in total. The monoisotopic (exact) mass is 207 g/mol. The average Bonchev–Trinajstić information content (AvgIpc) is 2.18. The van der Waals surface area contributed by atoms with E-state index in [1.54, 1.807) is 12.1 Å². The van der Waals surface area contributed by atoms with E-state index in [0.29, 0.717) is 5.56 Å². The number of benzene rings is 1. The number of nitrogens with one attached hydrogen (secondary N) is 1. The first-order valence-electron chi connectivity index (χ1n) is 4.67. The minimum atomic E-state index is -0.440. The Labute approximate surface area is 87.8 Å². The van der Waals surface area contributed by atoms with E-state index in [9.17, 15) is 10.1 Å². The first-order chi connectivity index (χ1) is 7.06. The van der Waals surface area contributed by atoms with Gasteiger partial charge in [-0.1, -0.05) is 26.0 Å². The molecule has 0 amide bonds. The molecule has 80 valence electrons. The molecule has 0 saturated carbocycles. The van der Waals surface area contributed by atoms with Crippen molar-refractivity contribution >= 4 is 5.69 Å². The molecule has 1 rings (SSSR count). The van der Waals surface area contributed by atoms with Gasteiger partial charge in [-0.05, 0) is 11.5 Å². The van der Waals surface area contributed by atoms with Crippen LogP contribution < -0.4 is 0 Å². The van der Waals surface area contributed by atoms with Crippen LogP contribution in [0.2, 0.25) is 0 Å². The molecule has 0 fully saturated rings. The second kappa shape index (κ2) is 4.63. The zero-order chi connectivity index (χ0) is 11.4.